The van der Waals surface area contributed by atoms with E-state index in [4.69, 9.17) is 14.0 Å². The van der Waals surface area contributed by atoms with Gasteiger partial charge in [0.15, 0.2) is 0 Å². The highest BCUT2D eigenvalue weighted by atomic mass is 16.7. The van der Waals surface area contributed by atoms with Crippen LogP contribution in [0.3, 0.4) is 0 Å². The summed E-state index contributed by atoms with van der Waals surface area (Å²) in [5.41, 5.74) is 0.518. The van der Waals surface area contributed by atoms with Crippen LogP contribution in [0, 0.1) is 0 Å². The van der Waals surface area contributed by atoms with E-state index in [1.807, 2.05) is 12.1 Å². The molecular formula is C17H28BO3-. The first kappa shape index (κ1) is 16.4. The van der Waals surface area contributed by atoms with E-state index >= 15 is 0 Å². The van der Waals surface area contributed by atoms with Gasteiger partial charge in [-0.15, -0.1) is 6.32 Å². The Kier molecular flexibility index (Phi) is 4.41. The lowest BCUT2D eigenvalue weighted by atomic mass is 9.48. The second kappa shape index (κ2) is 5.66. The summed E-state index contributed by atoms with van der Waals surface area (Å²) < 4.78 is 18.3. The number of hydrogen-bond acceptors (Lipinski definition) is 3. The van der Waals surface area contributed by atoms with Crippen LogP contribution in [0.2, 0.25) is 6.32 Å². The molecule has 1 heterocycles. The van der Waals surface area contributed by atoms with Gasteiger partial charge in [0.25, 0.3) is 6.55 Å². The third-order valence-electron chi connectivity index (χ3n) is 4.98. The van der Waals surface area contributed by atoms with Gasteiger partial charge in [0.1, 0.15) is 5.75 Å². The van der Waals surface area contributed by atoms with Crippen LogP contribution in [0.15, 0.2) is 24.3 Å². The highest BCUT2D eigenvalue weighted by molar-refractivity contribution is 6.81. The monoisotopic (exact) mass is 291 g/mol. The lowest BCUT2D eigenvalue weighted by Gasteiger charge is -2.38. The van der Waals surface area contributed by atoms with Gasteiger partial charge in [-0.2, -0.15) is 5.46 Å². The molecule has 4 heteroatoms. The van der Waals surface area contributed by atoms with E-state index in [0.29, 0.717) is 0 Å². The number of hydrogen-bond donors (Lipinski definition) is 0. The lowest BCUT2D eigenvalue weighted by Crippen LogP contribution is -2.51. The molecule has 1 fully saturated rings. The molecule has 118 valence electrons. The van der Waals surface area contributed by atoms with Crippen LogP contribution in [0.5, 0.6) is 5.75 Å². The maximum absolute atomic E-state index is 6.51. The molecule has 3 nitrogen and oxygen atoms in total. The van der Waals surface area contributed by atoms with Crippen LogP contribution in [0.1, 0.15) is 47.5 Å². The van der Waals surface area contributed by atoms with Gasteiger partial charge in [-0.1, -0.05) is 31.9 Å². The molecule has 0 radical (unpaired) electrons. The van der Waals surface area contributed by atoms with Gasteiger partial charge in [0, 0.05) is 11.2 Å². The molecule has 21 heavy (non-hydrogen) atoms. The van der Waals surface area contributed by atoms with E-state index in [-0.39, 0.29) is 11.2 Å². The summed E-state index contributed by atoms with van der Waals surface area (Å²) in [6.07, 6.45) is 3.15. The predicted octanol–water partition coefficient (Wildman–Crippen LogP) is 3.75. The minimum Gasteiger partial charge on any atom is -0.558 e. The summed E-state index contributed by atoms with van der Waals surface area (Å²) in [6, 6.07) is 8.11. The third-order valence-corrected chi connectivity index (χ3v) is 4.98. The summed E-state index contributed by atoms with van der Waals surface area (Å²) in [4.78, 5) is 0. The van der Waals surface area contributed by atoms with E-state index in [9.17, 15) is 0 Å². The van der Waals surface area contributed by atoms with Gasteiger partial charge >= 0.3 is 0 Å². The Labute approximate surface area is 129 Å². The molecule has 1 saturated heterocycles. The molecule has 1 aliphatic heterocycles. The zero-order valence-corrected chi connectivity index (χ0v) is 14.2. The van der Waals surface area contributed by atoms with Crippen LogP contribution in [-0.2, 0) is 9.31 Å². The fourth-order valence-electron chi connectivity index (χ4n) is 3.05. The van der Waals surface area contributed by atoms with E-state index in [1.54, 1.807) is 7.11 Å². The Balaban J connectivity index is 2.38. The minimum atomic E-state index is -1.44. The van der Waals surface area contributed by atoms with Crippen LogP contribution in [0.4, 0.5) is 0 Å². The Morgan fingerprint density at radius 3 is 1.95 bits per heavy atom. The lowest BCUT2D eigenvalue weighted by molar-refractivity contribution is 0.00578. The van der Waals surface area contributed by atoms with E-state index < -0.39 is 6.55 Å². The largest absolute Gasteiger partial charge is 0.558 e. The molecule has 1 aromatic rings. The van der Waals surface area contributed by atoms with Crippen molar-refractivity contribution < 1.29 is 14.0 Å². The van der Waals surface area contributed by atoms with Crippen LogP contribution >= 0.6 is 0 Å². The van der Waals surface area contributed by atoms with Crippen molar-refractivity contribution in [1.29, 1.82) is 0 Å². The van der Waals surface area contributed by atoms with E-state index in [0.717, 1.165) is 30.4 Å². The SMILES string of the molecule is CCCC[B-]1(c2ccc(OC)cc2)OC(C)(C)C(C)(C)O1. The van der Waals surface area contributed by atoms with Gasteiger partial charge in [-0.3, -0.25) is 0 Å². The Morgan fingerprint density at radius 1 is 1.00 bits per heavy atom. The molecule has 0 spiro atoms. The van der Waals surface area contributed by atoms with Crippen LogP contribution < -0.4 is 10.2 Å². The quantitative estimate of drug-likeness (QED) is 0.773. The van der Waals surface area contributed by atoms with Gasteiger partial charge in [0.05, 0.1) is 7.11 Å². The predicted molar refractivity (Wildman–Crippen MR) is 88.4 cm³/mol. The molecular weight excluding hydrogens is 263 g/mol. The van der Waals surface area contributed by atoms with Crippen molar-refractivity contribution in [3.63, 3.8) is 0 Å². The van der Waals surface area contributed by atoms with E-state index in [2.05, 4.69) is 46.8 Å². The Bertz CT molecular complexity index is 463. The Morgan fingerprint density at radius 2 is 1.52 bits per heavy atom. The molecule has 0 amide bonds. The highest BCUT2D eigenvalue weighted by Crippen LogP contribution is 2.43. The number of rotatable bonds is 5. The number of ether oxygens (including phenoxy) is 1. The van der Waals surface area contributed by atoms with Crippen molar-refractivity contribution in [2.24, 2.45) is 0 Å². The molecule has 0 unspecified atom stereocenters. The van der Waals surface area contributed by atoms with Crippen molar-refractivity contribution >= 4 is 12.0 Å². The van der Waals surface area contributed by atoms with Crippen molar-refractivity contribution in [3.8, 4) is 5.75 Å². The molecule has 0 atom stereocenters. The van der Waals surface area contributed by atoms with Crippen molar-refractivity contribution in [2.75, 3.05) is 7.11 Å². The molecule has 2 rings (SSSR count). The van der Waals surface area contributed by atoms with Gasteiger partial charge in [-0.05, 0) is 39.8 Å². The van der Waals surface area contributed by atoms with Crippen LogP contribution in [0.25, 0.3) is 0 Å². The second-order valence-electron chi connectivity index (χ2n) is 7.04. The van der Waals surface area contributed by atoms with Crippen LogP contribution in [-0.4, -0.2) is 24.9 Å². The summed E-state index contributed by atoms with van der Waals surface area (Å²) in [5, 5.41) is 0. The smallest absolute Gasteiger partial charge is 0.270 e. The summed E-state index contributed by atoms with van der Waals surface area (Å²) in [5.74, 6) is 0.858. The fourth-order valence-corrected chi connectivity index (χ4v) is 3.05. The van der Waals surface area contributed by atoms with Gasteiger partial charge in [-0.25, -0.2) is 0 Å². The zero-order valence-electron chi connectivity index (χ0n) is 14.2. The normalized spacial score (nSPS) is 22.2. The first-order valence-corrected chi connectivity index (χ1v) is 7.97. The molecule has 0 aliphatic carbocycles. The first-order valence-electron chi connectivity index (χ1n) is 7.97. The Hall–Kier alpha value is -0.995. The molecule has 0 saturated carbocycles. The van der Waals surface area contributed by atoms with Gasteiger partial charge in [0.2, 0.25) is 0 Å². The molecule has 1 aliphatic rings. The summed E-state index contributed by atoms with van der Waals surface area (Å²) in [6.45, 7) is 9.23. The van der Waals surface area contributed by atoms with Crippen molar-refractivity contribution in [2.45, 2.75) is 65.0 Å². The van der Waals surface area contributed by atoms with Crippen molar-refractivity contribution in [1.82, 2.24) is 0 Å². The maximum Gasteiger partial charge on any atom is 0.270 e. The molecule has 0 N–H and O–H groups in total. The number of unbranched alkanes of at least 4 members (excludes halogenated alkanes) is 1. The van der Waals surface area contributed by atoms with Gasteiger partial charge < -0.3 is 14.0 Å². The number of benzene rings is 1. The average molecular weight is 291 g/mol. The minimum absolute atomic E-state index is 0.305. The van der Waals surface area contributed by atoms with E-state index in [1.165, 1.54) is 0 Å². The molecule has 1 aromatic carbocycles. The third kappa shape index (κ3) is 2.97. The fraction of sp³-hybridized carbons (Fsp3) is 0.647. The zero-order chi connectivity index (χ0) is 15.7. The standard InChI is InChI=1S/C17H28BO3/c1-7-8-13-18(14-9-11-15(19-6)12-10-14)20-16(2,3)17(4,5)21-18/h9-12H,7-8,13H2,1-6H3/q-1. The van der Waals surface area contributed by atoms with Crippen molar-refractivity contribution in [3.05, 3.63) is 24.3 Å². The average Bonchev–Trinajstić information content (AvgIpc) is 2.63. The second-order valence-corrected chi connectivity index (χ2v) is 7.04. The molecule has 0 aromatic heterocycles. The summed E-state index contributed by atoms with van der Waals surface area (Å²) in [7, 11) is 1.68. The maximum atomic E-state index is 6.51. The number of methoxy groups -OCH3 is 1. The first-order chi connectivity index (χ1) is 9.76. The topological polar surface area (TPSA) is 27.7 Å². The molecule has 0 bridgehead atoms. The highest BCUT2D eigenvalue weighted by Gasteiger charge is 2.51. The summed E-state index contributed by atoms with van der Waals surface area (Å²) >= 11 is 0.